The third-order valence-corrected chi connectivity index (χ3v) is 4.92. The summed E-state index contributed by atoms with van der Waals surface area (Å²) in [7, 11) is 0. The normalized spacial score (nSPS) is 18.7. The molecule has 1 aliphatic rings. The van der Waals surface area contributed by atoms with E-state index in [2.05, 4.69) is 10.4 Å². The fraction of sp³-hybridized carbons (Fsp3) is 0.176. The zero-order valence-electron chi connectivity index (χ0n) is 13.1. The average molecular weight is 413 g/mol. The Morgan fingerprint density at radius 1 is 1.23 bits per heavy atom. The molecule has 2 atom stereocenters. The van der Waals surface area contributed by atoms with Crippen molar-refractivity contribution in [3.63, 3.8) is 0 Å². The van der Waals surface area contributed by atoms with Gasteiger partial charge in [-0.25, -0.2) is 14.6 Å². The van der Waals surface area contributed by atoms with Crippen molar-refractivity contribution in [1.82, 2.24) is 0 Å². The number of nitrogens with zero attached hydrogens (tertiary/aromatic N) is 2. The van der Waals surface area contributed by atoms with Crippen LogP contribution >= 0.6 is 34.8 Å². The predicted molar refractivity (Wildman–Crippen MR) is 101 cm³/mol. The highest BCUT2D eigenvalue weighted by atomic mass is 35.5. The highest BCUT2D eigenvalue weighted by Crippen LogP contribution is 2.45. The minimum atomic E-state index is -1.14. The Bertz CT molecular complexity index is 915. The molecule has 0 fully saturated rings. The maximum absolute atomic E-state index is 11.7. The molecule has 0 saturated carbocycles. The molecule has 0 radical (unpaired) electrons. The molecule has 2 aromatic carbocycles. The number of carboxylic acid groups (broad SMARTS) is 1. The van der Waals surface area contributed by atoms with Crippen molar-refractivity contribution >= 4 is 58.2 Å². The monoisotopic (exact) mass is 411 g/mol. The lowest BCUT2D eigenvalue weighted by atomic mass is 9.91. The van der Waals surface area contributed by atoms with Crippen LogP contribution in [-0.4, -0.2) is 23.2 Å². The third-order valence-electron chi connectivity index (χ3n) is 4.06. The Morgan fingerprint density at radius 3 is 2.62 bits per heavy atom. The third kappa shape index (κ3) is 3.50. The van der Waals surface area contributed by atoms with Gasteiger partial charge in [0.25, 0.3) is 6.08 Å². The Kier molecular flexibility index (Phi) is 5.39. The van der Waals surface area contributed by atoms with Crippen LogP contribution in [-0.2, 0) is 9.59 Å². The van der Waals surface area contributed by atoms with E-state index in [1.807, 2.05) is 0 Å². The van der Waals surface area contributed by atoms with Gasteiger partial charge in [0.05, 0.1) is 22.4 Å². The molecule has 1 heterocycles. The summed E-state index contributed by atoms with van der Waals surface area (Å²) in [6, 6.07) is 8.57. The molecule has 0 unspecified atom stereocenters. The van der Waals surface area contributed by atoms with Crippen LogP contribution in [0, 0.1) is 0 Å². The van der Waals surface area contributed by atoms with E-state index in [0.29, 0.717) is 32.0 Å². The molecule has 6 nitrogen and oxygen atoms in total. The zero-order chi connectivity index (χ0) is 18.8. The summed E-state index contributed by atoms with van der Waals surface area (Å²) in [4.78, 5) is 22.5. The van der Waals surface area contributed by atoms with E-state index in [4.69, 9.17) is 34.8 Å². The van der Waals surface area contributed by atoms with Crippen molar-refractivity contribution in [1.29, 1.82) is 0 Å². The molecule has 0 aromatic heterocycles. The van der Waals surface area contributed by atoms with Crippen LogP contribution in [0.3, 0.4) is 0 Å². The Labute approximate surface area is 164 Å². The number of benzene rings is 2. The smallest absolute Gasteiger partial charge is 0.328 e. The molecule has 26 heavy (non-hydrogen) atoms. The number of aliphatic carboxylic acids is 1. The minimum absolute atomic E-state index is 0.0973. The van der Waals surface area contributed by atoms with Gasteiger partial charge in [-0.05, 0) is 24.3 Å². The van der Waals surface area contributed by atoms with Crippen LogP contribution in [0.2, 0.25) is 15.1 Å². The van der Waals surface area contributed by atoms with E-state index in [1.165, 1.54) is 12.1 Å². The van der Waals surface area contributed by atoms with Gasteiger partial charge in [-0.1, -0.05) is 52.0 Å². The van der Waals surface area contributed by atoms with Gasteiger partial charge in [0.15, 0.2) is 6.04 Å². The van der Waals surface area contributed by atoms with Gasteiger partial charge >= 0.3 is 5.97 Å². The Morgan fingerprint density at radius 2 is 1.96 bits per heavy atom. The molecule has 1 aliphatic heterocycles. The van der Waals surface area contributed by atoms with E-state index < -0.39 is 18.1 Å². The van der Waals surface area contributed by atoms with Gasteiger partial charge in [-0.15, -0.1) is 0 Å². The first-order valence-electron chi connectivity index (χ1n) is 7.52. The van der Waals surface area contributed by atoms with Crippen molar-refractivity contribution < 1.29 is 14.7 Å². The molecule has 0 spiro atoms. The number of fused-ring (bicyclic) bond motifs is 1. The van der Waals surface area contributed by atoms with E-state index in [0.717, 1.165) is 5.01 Å². The summed E-state index contributed by atoms with van der Waals surface area (Å²) in [6.07, 6.45) is 1.48. The Hall–Kier alpha value is -2.24. The Balaban J connectivity index is 2.14. The summed E-state index contributed by atoms with van der Waals surface area (Å²) >= 11 is 18.6. The SMILES string of the molecule is O=C=NN1c2cc(Cl)cc(Cl)c2[C@@H](Nc2ccccc2Cl)C[C@@H]1C(=O)O. The second kappa shape index (κ2) is 7.56. The molecular formula is C17H12Cl3N3O3. The molecule has 2 N–H and O–H groups in total. The van der Waals surface area contributed by atoms with Crippen molar-refractivity contribution in [2.45, 2.75) is 18.5 Å². The number of hydrazone groups is 1. The topological polar surface area (TPSA) is 82.0 Å². The molecule has 0 bridgehead atoms. The second-order valence-corrected chi connectivity index (χ2v) is 6.87. The van der Waals surface area contributed by atoms with Crippen LogP contribution in [0.25, 0.3) is 0 Å². The van der Waals surface area contributed by atoms with Gasteiger partial charge in [-0.2, -0.15) is 0 Å². The molecule has 9 heteroatoms. The number of rotatable bonds is 4. The van der Waals surface area contributed by atoms with Gasteiger partial charge < -0.3 is 10.4 Å². The first-order chi connectivity index (χ1) is 12.4. The highest BCUT2D eigenvalue weighted by Gasteiger charge is 2.39. The van der Waals surface area contributed by atoms with E-state index in [-0.39, 0.29) is 6.42 Å². The number of para-hydroxylation sites is 1. The minimum Gasteiger partial charge on any atom is -0.480 e. The summed E-state index contributed by atoms with van der Waals surface area (Å²) in [5.41, 5.74) is 1.54. The van der Waals surface area contributed by atoms with Crippen LogP contribution in [0.1, 0.15) is 18.0 Å². The molecule has 134 valence electrons. The lowest BCUT2D eigenvalue weighted by molar-refractivity contribution is -0.139. The van der Waals surface area contributed by atoms with Gasteiger partial charge in [-0.3, -0.25) is 0 Å². The summed E-state index contributed by atoms with van der Waals surface area (Å²) in [6.45, 7) is 0. The number of hydrogen-bond donors (Lipinski definition) is 2. The average Bonchev–Trinajstić information content (AvgIpc) is 2.58. The fourth-order valence-corrected chi connectivity index (χ4v) is 3.79. The quantitative estimate of drug-likeness (QED) is 0.561. The summed E-state index contributed by atoms with van der Waals surface area (Å²) in [5, 5.41) is 18.5. The van der Waals surface area contributed by atoms with Crippen molar-refractivity contribution in [2.75, 3.05) is 10.3 Å². The lowest BCUT2D eigenvalue weighted by Gasteiger charge is -2.37. The van der Waals surface area contributed by atoms with Crippen LogP contribution in [0.15, 0.2) is 41.5 Å². The second-order valence-electron chi connectivity index (χ2n) is 5.62. The number of nitrogens with one attached hydrogen (secondary N) is 1. The number of anilines is 2. The molecule has 0 amide bonds. The number of isocyanates is 1. The maximum Gasteiger partial charge on any atom is 0.328 e. The van der Waals surface area contributed by atoms with Gasteiger partial charge in [0.2, 0.25) is 0 Å². The van der Waals surface area contributed by atoms with Crippen LogP contribution < -0.4 is 10.3 Å². The molecule has 2 aromatic rings. The van der Waals surface area contributed by atoms with Crippen molar-refractivity contribution in [3.05, 3.63) is 57.0 Å². The molecular weight excluding hydrogens is 401 g/mol. The van der Waals surface area contributed by atoms with E-state index in [9.17, 15) is 14.7 Å². The summed E-state index contributed by atoms with van der Waals surface area (Å²) in [5.74, 6) is -1.14. The van der Waals surface area contributed by atoms with Crippen LogP contribution in [0.4, 0.5) is 11.4 Å². The first kappa shape index (κ1) is 18.5. The number of carbonyl (C=O) groups is 1. The first-order valence-corrected chi connectivity index (χ1v) is 8.65. The van der Waals surface area contributed by atoms with Crippen LogP contribution in [0.5, 0.6) is 0 Å². The van der Waals surface area contributed by atoms with Gasteiger partial charge in [0.1, 0.15) is 0 Å². The standard InChI is InChI=1S/C17H12Cl3N3O3/c18-9-5-11(20)16-13(22-12-4-2-1-3-10(12)19)7-15(17(25)26)23(21-8-24)14(16)6-9/h1-6,13,15,22H,7H2,(H,25,26)/t13-,15+/m0/s1. The zero-order valence-corrected chi connectivity index (χ0v) is 15.4. The lowest BCUT2D eigenvalue weighted by Crippen LogP contribution is -2.44. The molecule has 0 saturated heterocycles. The number of halogens is 3. The fourth-order valence-electron chi connectivity index (χ4n) is 2.98. The molecule has 3 rings (SSSR count). The van der Waals surface area contributed by atoms with E-state index in [1.54, 1.807) is 30.3 Å². The number of hydrogen-bond acceptors (Lipinski definition) is 5. The van der Waals surface area contributed by atoms with Crippen molar-refractivity contribution in [2.24, 2.45) is 5.10 Å². The van der Waals surface area contributed by atoms with E-state index >= 15 is 0 Å². The van der Waals surface area contributed by atoms with Crippen molar-refractivity contribution in [3.8, 4) is 0 Å². The van der Waals surface area contributed by atoms with Gasteiger partial charge in [0, 0.05) is 22.0 Å². The number of carboxylic acids is 1. The molecule has 0 aliphatic carbocycles. The maximum atomic E-state index is 11.7. The largest absolute Gasteiger partial charge is 0.480 e. The number of carbonyl (C=O) groups excluding carboxylic acids is 1. The highest BCUT2D eigenvalue weighted by molar-refractivity contribution is 6.36. The predicted octanol–water partition coefficient (Wildman–Crippen LogP) is 4.71. The summed E-state index contributed by atoms with van der Waals surface area (Å²) < 4.78 is 0.